The standard InChI is InChI=1S/C2H4O2.5CH2O2/c1-2(3)4;5*2-1-3/h1H3,(H,3,4);5*1H,(H,2,3). The summed E-state index contributed by atoms with van der Waals surface area (Å²) in [5.41, 5.74) is 0. The third kappa shape index (κ3) is 241. The molecule has 19 heavy (non-hydrogen) atoms. The van der Waals surface area contributed by atoms with Crippen molar-refractivity contribution in [2.45, 2.75) is 6.92 Å². The van der Waals surface area contributed by atoms with Crippen LogP contribution in [0.4, 0.5) is 0 Å². The van der Waals surface area contributed by atoms with Crippen LogP contribution in [0.25, 0.3) is 0 Å². The lowest BCUT2D eigenvalue weighted by Crippen LogP contribution is -1.78. The zero-order valence-electron chi connectivity index (χ0n) is 9.52. The van der Waals surface area contributed by atoms with Crippen LogP contribution in [0.2, 0.25) is 0 Å². The molecule has 0 aromatic rings. The first kappa shape index (κ1) is 36.0. The van der Waals surface area contributed by atoms with E-state index < -0.39 is 5.97 Å². The van der Waals surface area contributed by atoms with E-state index in [1.807, 2.05) is 0 Å². The zero-order valence-corrected chi connectivity index (χ0v) is 9.52. The first-order valence-corrected chi connectivity index (χ1v) is 3.40. The maximum Gasteiger partial charge on any atom is 0.300 e. The van der Waals surface area contributed by atoms with E-state index in [-0.39, 0.29) is 32.4 Å². The van der Waals surface area contributed by atoms with Gasteiger partial charge in [-0.2, -0.15) is 0 Å². The van der Waals surface area contributed by atoms with E-state index in [0.29, 0.717) is 0 Å². The van der Waals surface area contributed by atoms with Crippen molar-refractivity contribution >= 4 is 38.3 Å². The molecule has 0 amide bonds. The normalized spacial score (nSPS) is 4.47. The summed E-state index contributed by atoms with van der Waals surface area (Å²) in [5, 5.41) is 41.9. The lowest BCUT2D eigenvalue weighted by atomic mass is 10.9. The van der Waals surface area contributed by atoms with Gasteiger partial charge in [-0.15, -0.1) is 0 Å². The van der Waals surface area contributed by atoms with Gasteiger partial charge in [-0.3, -0.25) is 28.8 Å². The molecule has 0 heterocycles. The van der Waals surface area contributed by atoms with E-state index in [2.05, 4.69) is 0 Å². The molecule has 0 spiro atoms. The molecule has 0 aromatic carbocycles. The third-order valence-electron chi connectivity index (χ3n) is 0. The molecule has 0 radical (unpaired) electrons. The van der Waals surface area contributed by atoms with Gasteiger partial charge in [0.05, 0.1) is 0 Å². The summed E-state index contributed by atoms with van der Waals surface area (Å²) in [5.74, 6) is -0.833. The van der Waals surface area contributed by atoms with E-state index in [1.54, 1.807) is 0 Å². The van der Waals surface area contributed by atoms with Crippen molar-refractivity contribution in [1.82, 2.24) is 0 Å². The van der Waals surface area contributed by atoms with E-state index in [9.17, 15) is 0 Å². The van der Waals surface area contributed by atoms with E-state index in [4.69, 9.17) is 59.4 Å². The number of carbonyl (C=O) groups is 6. The Kier molecular flexibility index (Phi) is 231. The minimum Gasteiger partial charge on any atom is -0.483 e. The Morgan fingerprint density at radius 1 is 0.632 bits per heavy atom. The lowest BCUT2D eigenvalue weighted by molar-refractivity contribution is -0.134. The number of carboxylic acid groups (broad SMARTS) is 6. The van der Waals surface area contributed by atoms with Crippen LogP contribution in [0.15, 0.2) is 0 Å². The summed E-state index contributed by atoms with van der Waals surface area (Å²) in [4.78, 5) is 50.8. The van der Waals surface area contributed by atoms with Crippen LogP contribution in [0, 0.1) is 0 Å². The molecule has 0 bridgehead atoms. The van der Waals surface area contributed by atoms with Crippen LogP contribution in [0.3, 0.4) is 0 Å². The Hall–Kier alpha value is -3.18. The molecule has 0 aromatic heterocycles. The minimum atomic E-state index is -0.833. The minimum absolute atomic E-state index is 0.250. The van der Waals surface area contributed by atoms with Gasteiger partial charge in [-0.05, 0) is 0 Å². The lowest BCUT2D eigenvalue weighted by Gasteiger charge is -1.59. The predicted octanol–water partition coefficient (Wildman–Crippen LogP) is -1.41. The summed E-state index contributed by atoms with van der Waals surface area (Å²) in [6.07, 6.45) is 0. The molecule has 0 saturated heterocycles. The molecular formula is C7H14O12. The van der Waals surface area contributed by atoms with Gasteiger partial charge in [0.25, 0.3) is 38.3 Å². The fraction of sp³-hybridized carbons (Fsp3) is 0.143. The number of hydrogen-bond donors (Lipinski definition) is 6. The Morgan fingerprint density at radius 3 is 0.632 bits per heavy atom. The van der Waals surface area contributed by atoms with E-state index in [0.717, 1.165) is 6.92 Å². The first-order valence-electron chi connectivity index (χ1n) is 3.40. The molecule has 0 aliphatic rings. The summed E-state index contributed by atoms with van der Waals surface area (Å²) >= 11 is 0. The van der Waals surface area contributed by atoms with Crippen molar-refractivity contribution in [1.29, 1.82) is 0 Å². The zero-order chi connectivity index (χ0) is 17.1. The van der Waals surface area contributed by atoms with E-state index >= 15 is 0 Å². The van der Waals surface area contributed by atoms with Crippen molar-refractivity contribution in [2.75, 3.05) is 0 Å². The van der Waals surface area contributed by atoms with Crippen LogP contribution in [0.1, 0.15) is 6.92 Å². The van der Waals surface area contributed by atoms with Crippen LogP contribution in [-0.2, 0) is 28.8 Å². The second-order valence-electron chi connectivity index (χ2n) is 1.05. The molecule has 0 unspecified atom stereocenters. The smallest absolute Gasteiger partial charge is 0.300 e. The molecule has 12 nitrogen and oxygen atoms in total. The molecule has 0 fully saturated rings. The molecule has 0 aliphatic heterocycles. The van der Waals surface area contributed by atoms with Crippen molar-refractivity contribution < 1.29 is 59.4 Å². The van der Waals surface area contributed by atoms with Gasteiger partial charge in [0.15, 0.2) is 0 Å². The highest BCUT2D eigenvalue weighted by molar-refractivity contribution is 5.62. The number of aliphatic carboxylic acids is 1. The Bertz CT molecular complexity index is 150. The van der Waals surface area contributed by atoms with Crippen molar-refractivity contribution in [3.63, 3.8) is 0 Å². The molecule has 0 saturated carbocycles. The van der Waals surface area contributed by atoms with Crippen LogP contribution in [-0.4, -0.2) is 69.0 Å². The van der Waals surface area contributed by atoms with Crippen molar-refractivity contribution in [3.8, 4) is 0 Å². The summed E-state index contributed by atoms with van der Waals surface area (Å²) in [6.45, 7) is -0.167. The number of carboxylic acids is 1. The number of hydrogen-bond acceptors (Lipinski definition) is 6. The van der Waals surface area contributed by atoms with Crippen LogP contribution in [0.5, 0.6) is 0 Å². The maximum absolute atomic E-state index is 9.00. The summed E-state index contributed by atoms with van der Waals surface area (Å²) in [6, 6.07) is 0. The molecule has 6 N–H and O–H groups in total. The second kappa shape index (κ2) is 122. The predicted molar refractivity (Wildman–Crippen MR) is 56.8 cm³/mol. The van der Waals surface area contributed by atoms with Gasteiger partial charge in [-0.1, -0.05) is 0 Å². The highest BCUT2D eigenvalue weighted by atomic mass is 16.4. The monoisotopic (exact) mass is 290 g/mol. The molecule has 0 rings (SSSR count). The van der Waals surface area contributed by atoms with Gasteiger partial charge in [0.1, 0.15) is 0 Å². The highest BCUT2D eigenvalue weighted by Crippen LogP contribution is 1.42. The van der Waals surface area contributed by atoms with Crippen LogP contribution < -0.4 is 0 Å². The fourth-order valence-corrected chi connectivity index (χ4v) is 0. The SMILES string of the molecule is CC(=O)O.O=CO.O=CO.O=CO.O=CO.O=CO. The topological polar surface area (TPSA) is 224 Å². The van der Waals surface area contributed by atoms with Gasteiger partial charge >= 0.3 is 0 Å². The molecule has 0 atom stereocenters. The second-order valence-corrected chi connectivity index (χ2v) is 1.05. The average Bonchev–Trinajstić information content (AvgIpc) is 2.21. The molecule has 0 aliphatic carbocycles. The van der Waals surface area contributed by atoms with Gasteiger partial charge in [0, 0.05) is 6.92 Å². The highest BCUT2D eigenvalue weighted by Gasteiger charge is 1.65. The van der Waals surface area contributed by atoms with Gasteiger partial charge in [-0.25, -0.2) is 0 Å². The van der Waals surface area contributed by atoms with Gasteiger partial charge in [0.2, 0.25) is 0 Å². The molecular weight excluding hydrogens is 276 g/mol. The largest absolute Gasteiger partial charge is 0.483 e. The average molecular weight is 290 g/mol. The van der Waals surface area contributed by atoms with Gasteiger partial charge < -0.3 is 30.6 Å². The van der Waals surface area contributed by atoms with Crippen LogP contribution >= 0.6 is 0 Å². The maximum atomic E-state index is 9.00. The summed E-state index contributed by atoms with van der Waals surface area (Å²) in [7, 11) is 0. The van der Waals surface area contributed by atoms with E-state index in [1.165, 1.54) is 0 Å². The number of rotatable bonds is 0. The Labute approximate surface area is 106 Å². The quantitative estimate of drug-likeness (QED) is 0.283. The Balaban J connectivity index is -0.0000000268. The third-order valence-corrected chi connectivity index (χ3v) is 0. The molecule has 12 heteroatoms. The van der Waals surface area contributed by atoms with Crippen molar-refractivity contribution in [3.05, 3.63) is 0 Å². The Morgan fingerprint density at radius 2 is 0.632 bits per heavy atom. The fourth-order valence-electron chi connectivity index (χ4n) is 0. The first-order chi connectivity index (χ1) is 8.80. The van der Waals surface area contributed by atoms with Crippen molar-refractivity contribution in [2.24, 2.45) is 0 Å². The summed E-state index contributed by atoms with van der Waals surface area (Å²) < 4.78 is 0. The molecule has 114 valence electrons.